The number of alkyl halides is 6. The van der Waals surface area contributed by atoms with Gasteiger partial charge in [0.15, 0.2) is 0 Å². The van der Waals surface area contributed by atoms with Crippen LogP contribution in [0.1, 0.15) is 21.5 Å². The third kappa shape index (κ3) is 7.15. The summed E-state index contributed by atoms with van der Waals surface area (Å²) in [5, 5.41) is 6.48. The quantitative estimate of drug-likeness (QED) is 0.567. The maximum Gasteiger partial charge on any atom is 0.416 e. The van der Waals surface area contributed by atoms with Crippen LogP contribution in [0.25, 0.3) is 0 Å². The van der Waals surface area contributed by atoms with Gasteiger partial charge in [-0.2, -0.15) is 26.3 Å². The lowest BCUT2D eigenvalue weighted by Gasteiger charge is -2.14. The minimum Gasteiger partial charge on any atom is -0.376 e. The molecule has 0 bridgehead atoms. The van der Waals surface area contributed by atoms with Gasteiger partial charge < -0.3 is 16.0 Å². The molecule has 0 fully saturated rings. The Morgan fingerprint density at radius 3 is 2.13 bits per heavy atom. The van der Waals surface area contributed by atoms with Gasteiger partial charge in [0.05, 0.1) is 12.1 Å². The highest BCUT2D eigenvalue weighted by molar-refractivity contribution is 5.96. The molecule has 0 saturated heterocycles. The molecule has 0 aromatic heterocycles. The molecular weight excluding hydrogens is 435 g/mol. The maximum atomic E-state index is 14.0. The summed E-state index contributed by atoms with van der Waals surface area (Å²) in [6, 6.07) is 5.51. The SMILES string of the molecule is Cc1c(F)cc(C(=O)NCC(F)(F)F)cc1NCC(=O)Nc1ccc(C(F)(F)F)cc1. The lowest BCUT2D eigenvalue weighted by molar-refractivity contribution is -0.137. The molecule has 0 aliphatic rings. The molecule has 12 heteroatoms. The maximum absolute atomic E-state index is 14.0. The van der Waals surface area contributed by atoms with Crippen molar-refractivity contribution in [2.45, 2.75) is 19.3 Å². The van der Waals surface area contributed by atoms with Gasteiger partial charge in [0.1, 0.15) is 12.4 Å². The average Bonchev–Trinajstić information content (AvgIpc) is 2.66. The van der Waals surface area contributed by atoms with Crippen LogP contribution < -0.4 is 16.0 Å². The Hall–Kier alpha value is -3.31. The van der Waals surface area contributed by atoms with Gasteiger partial charge in [-0.3, -0.25) is 9.59 Å². The van der Waals surface area contributed by atoms with E-state index >= 15 is 0 Å². The Labute approximate surface area is 171 Å². The molecule has 5 nitrogen and oxygen atoms in total. The Kier molecular flexibility index (Phi) is 7.13. The van der Waals surface area contributed by atoms with Crippen molar-refractivity contribution in [1.29, 1.82) is 0 Å². The zero-order valence-corrected chi connectivity index (χ0v) is 15.8. The van der Waals surface area contributed by atoms with E-state index in [-0.39, 0.29) is 16.9 Å². The van der Waals surface area contributed by atoms with Crippen LogP contribution >= 0.6 is 0 Å². The molecule has 2 aromatic rings. The lowest BCUT2D eigenvalue weighted by atomic mass is 10.1. The number of rotatable bonds is 6. The van der Waals surface area contributed by atoms with Crippen LogP contribution in [0.3, 0.4) is 0 Å². The van der Waals surface area contributed by atoms with E-state index in [0.29, 0.717) is 0 Å². The normalized spacial score (nSPS) is 11.7. The van der Waals surface area contributed by atoms with Crippen molar-refractivity contribution < 1.29 is 40.3 Å². The first-order valence-electron chi connectivity index (χ1n) is 8.62. The van der Waals surface area contributed by atoms with Crippen LogP contribution in [0.4, 0.5) is 42.1 Å². The van der Waals surface area contributed by atoms with Crippen LogP contribution in [0.5, 0.6) is 0 Å². The second kappa shape index (κ2) is 9.23. The van der Waals surface area contributed by atoms with E-state index in [4.69, 9.17) is 0 Å². The summed E-state index contributed by atoms with van der Waals surface area (Å²) in [5.74, 6) is -2.73. The third-order valence-electron chi connectivity index (χ3n) is 3.99. The molecule has 3 N–H and O–H groups in total. The van der Waals surface area contributed by atoms with Gasteiger partial charge in [0, 0.05) is 22.5 Å². The zero-order chi connectivity index (χ0) is 23.4. The number of carbonyl (C=O) groups excluding carboxylic acids is 2. The van der Waals surface area contributed by atoms with E-state index < -0.39 is 54.2 Å². The van der Waals surface area contributed by atoms with Gasteiger partial charge in [-0.15, -0.1) is 0 Å². The Balaban J connectivity index is 2.03. The Bertz CT molecular complexity index is 955. The molecule has 0 aliphatic heterocycles. The molecule has 0 saturated carbocycles. The molecule has 2 rings (SSSR count). The van der Waals surface area contributed by atoms with Crippen LogP contribution in [0.2, 0.25) is 0 Å². The first-order chi connectivity index (χ1) is 14.3. The van der Waals surface area contributed by atoms with Crippen molar-refractivity contribution in [3.05, 3.63) is 58.9 Å². The van der Waals surface area contributed by atoms with E-state index in [1.54, 1.807) is 5.32 Å². The first-order valence-corrected chi connectivity index (χ1v) is 8.62. The molecule has 0 atom stereocenters. The topological polar surface area (TPSA) is 70.2 Å². The summed E-state index contributed by atoms with van der Waals surface area (Å²) in [6.07, 6.45) is -9.17. The van der Waals surface area contributed by atoms with Gasteiger partial charge in [-0.05, 0) is 43.3 Å². The van der Waals surface area contributed by atoms with E-state index in [9.17, 15) is 40.3 Å². The van der Waals surface area contributed by atoms with Gasteiger partial charge in [-0.25, -0.2) is 4.39 Å². The second-order valence-electron chi connectivity index (χ2n) is 6.41. The van der Waals surface area contributed by atoms with Gasteiger partial charge in [-0.1, -0.05) is 0 Å². The fraction of sp³-hybridized carbons (Fsp3) is 0.263. The van der Waals surface area contributed by atoms with Crippen LogP contribution in [0.15, 0.2) is 36.4 Å². The standard InChI is InChI=1S/C19H16F7N3O2/c1-10-14(20)6-11(17(31)28-9-18(21,22)23)7-15(10)27-8-16(30)29-13-4-2-12(3-5-13)19(24,25)26/h2-7,27H,8-9H2,1H3,(H,28,31)(H,29,30). The first kappa shape index (κ1) is 24.0. The summed E-state index contributed by atoms with van der Waals surface area (Å²) in [4.78, 5) is 23.8. The fourth-order valence-corrected chi connectivity index (χ4v) is 2.40. The number of anilines is 2. The van der Waals surface area contributed by atoms with Crippen molar-refractivity contribution in [2.24, 2.45) is 0 Å². The summed E-state index contributed by atoms with van der Waals surface area (Å²) in [5.41, 5.74) is -1.20. The van der Waals surface area contributed by atoms with E-state index in [0.717, 1.165) is 36.4 Å². The minimum absolute atomic E-state index is 0.00898. The summed E-state index contributed by atoms with van der Waals surface area (Å²) in [7, 11) is 0. The van der Waals surface area contributed by atoms with Gasteiger partial charge in [0.2, 0.25) is 5.91 Å². The van der Waals surface area contributed by atoms with E-state index in [1.807, 2.05) is 0 Å². The molecule has 0 heterocycles. The predicted molar refractivity (Wildman–Crippen MR) is 98.1 cm³/mol. The highest BCUT2D eigenvalue weighted by Crippen LogP contribution is 2.29. The number of halogens is 7. The highest BCUT2D eigenvalue weighted by Gasteiger charge is 2.30. The minimum atomic E-state index is -4.64. The van der Waals surface area contributed by atoms with Crippen LogP contribution in [-0.2, 0) is 11.0 Å². The monoisotopic (exact) mass is 451 g/mol. The van der Waals surface area contributed by atoms with Crippen molar-refractivity contribution >= 4 is 23.2 Å². The zero-order valence-electron chi connectivity index (χ0n) is 15.8. The smallest absolute Gasteiger partial charge is 0.376 e. The summed E-state index contributed by atoms with van der Waals surface area (Å²) in [6.45, 7) is -0.725. The predicted octanol–water partition coefficient (Wildman–Crippen LogP) is 4.50. The van der Waals surface area contributed by atoms with Crippen LogP contribution in [0, 0.1) is 12.7 Å². The molecule has 0 aliphatic carbocycles. The number of benzene rings is 2. The summed E-state index contributed by atoms with van der Waals surface area (Å²) >= 11 is 0. The summed E-state index contributed by atoms with van der Waals surface area (Å²) < 4.78 is 88.3. The van der Waals surface area contributed by atoms with Crippen molar-refractivity contribution in [3.8, 4) is 0 Å². The molecule has 0 radical (unpaired) electrons. The van der Waals surface area contributed by atoms with Gasteiger partial charge in [0.25, 0.3) is 5.91 Å². The van der Waals surface area contributed by atoms with E-state index in [2.05, 4.69) is 10.6 Å². The van der Waals surface area contributed by atoms with Gasteiger partial charge >= 0.3 is 12.4 Å². The number of hydrogen-bond donors (Lipinski definition) is 3. The largest absolute Gasteiger partial charge is 0.416 e. The third-order valence-corrected chi connectivity index (χ3v) is 3.99. The molecule has 2 amide bonds. The molecule has 31 heavy (non-hydrogen) atoms. The fourth-order valence-electron chi connectivity index (χ4n) is 2.40. The van der Waals surface area contributed by atoms with Crippen molar-refractivity contribution in [1.82, 2.24) is 5.32 Å². The molecule has 0 spiro atoms. The molecular formula is C19H16F7N3O2. The second-order valence-corrected chi connectivity index (χ2v) is 6.41. The van der Waals surface area contributed by atoms with Crippen molar-refractivity contribution in [3.63, 3.8) is 0 Å². The molecule has 2 aromatic carbocycles. The average molecular weight is 451 g/mol. The van der Waals surface area contributed by atoms with E-state index in [1.165, 1.54) is 6.92 Å². The number of carbonyl (C=O) groups is 2. The molecule has 0 unspecified atom stereocenters. The van der Waals surface area contributed by atoms with Crippen molar-refractivity contribution in [2.75, 3.05) is 23.7 Å². The van der Waals surface area contributed by atoms with Crippen LogP contribution in [-0.4, -0.2) is 31.1 Å². The lowest BCUT2D eigenvalue weighted by Crippen LogP contribution is -2.33. The Morgan fingerprint density at radius 2 is 1.58 bits per heavy atom. The number of amides is 2. The molecule has 168 valence electrons. The number of hydrogen-bond acceptors (Lipinski definition) is 3. The number of nitrogens with one attached hydrogen (secondary N) is 3. The highest BCUT2D eigenvalue weighted by atomic mass is 19.4. The Morgan fingerprint density at radius 1 is 0.968 bits per heavy atom.